The molecule has 0 radical (unpaired) electrons. The SMILES string of the molecule is O=C(NC1CCNCC1)c1ccc(-c2ccc3c(c2)OCCO3)s1. The van der Waals surface area contributed by atoms with Crippen molar-refractivity contribution >= 4 is 17.2 Å². The minimum absolute atomic E-state index is 0.0238. The Bertz CT molecular complexity index is 738. The number of hydrogen-bond donors (Lipinski definition) is 2. The van der Waals surface area contributed by atoms with E-state index in [0.29, 0.717) is 13.2 Å². The number of amides is 1. The van der Waals surface area contributed by atoms with Crippen molar-refractivity contribution in [1.82, 2.24) is 10.6 Å². The van der Waals surface area contributed by atoms with Crippen LogP contribution in [0.3, 0.4) is 0 Å². The van der Waals surface area contributed by atoms with Crippen LogP contribution in [0, 0.1) is 0 Å². The first kappa shape index (κ1) is 15.5. The van der Waals surface area contributed by atoms with Gasteiger partial charge in [0.1, 0.15) is 13.2 Å². The van der Waals surface area contributed by atoms with E-state index in [1.54, 1.807) is 0 Å². The lowest BCUT2D eigenvalue weighted by molar-refractivity contribution is 0.0933. The molecular formula is C18H20N2O3S. The van der Waals surface area contributed by atoms with E-state index in [1.165, 1.54) is 11.3 Å². The highest BCUT2D eigenvalue weighted by atomic mass is 32.1. The molecule has 0 bridgehead atoms. The highest BCUT2D eigenvalue weighted by Gasteiger charge is 2.18. The van der Waals surface area contributed by atoms with Gasteiger partial charge in [-0.1, -0.05) is 0 Å². The minimum Gasteiger partial charge on any atom is -0.486 e. The molecule has 3 heterocycles. The molecular weight excluding hydrogens is 324 g/mol. The summed E-state index contributed by atoms with van der Waals surface area (Å²) in [5.74, 6) is 1.58. The van der Waals surface area contributed by atoms with Crippen molar-refractivity contribution < 1.29 is 14.3 Å². The Morgan fingerprint density at radius 2 is 1.88 bits per heavy atom. The molecule has 2 aliphatic heterocycles. The van der Waals surface area contributed by atoms with Crippen LogP contribution in [0.25, 0.3) is 10.4 Å². The number of carbonyl (C=O) groups excluding carboxylic acids is 1. The van der Waals surface area contributed by atoms with Gasteiger partial charge >= 0.3 is 0 Å². The summed E-state index contributed by atoms with van der Waals surface area (Å²) in [6.45, 7) is 3.10. The van der Waals surface area contributed by atoms with Gasteiger partial charge in [0.05, 0.1) is 4.88 Å². The van der Waals surface area contributed by atoms with Crippen molar-refractivity contribution in [1.29, 1.82) is 0 Å². The molecule has 2 N–H and O–H groups in total. The predicted octanol–water partition coefficient (Wildman–Crippen LogP) is 2.67. The van der Waals surface area contributed by atoms with Crippen LogP contribution in [0.15, 0.2) is 30.3 Å². The molecule has 1 aromatic heterocycles. The minimum atomic E-state index is 0.0238. The molecule has 5 nitrogen and oxygen atoms in total. The average Bonchev–Trinajstić information content (AvgIpc) is 3.12. The third-order valence-electron chi connectivity index (χ3n) is 4.33. The second-order valence-corrected chi connectivity index (χ2v) is 7.10. The molecule has 24 heavy (non-hydrogen) atoms. The first-order chi connectivity index (χ1) is 11.8. The number of hydrogen-bond acceptors (Lipinski definition) is 5. The maximum absolute atomic E-state index is 12.4. The second kappa shape index (κ2) is 6.83. The van der Waals surface area contributed by atoms with Crippen LogP contribution in [0.4, 0.5) is 0 Å². The lowest BCUT2D eigenvalue weighted by Gasteiger charge is -2.23. The summed E-state index contributed by atoms with van der Waals surface area (Å²) < 4.78 is 11.2. The monoisotopic (exact) mass is 344 g/mol. The summed E-state index contributed by atoms with van der Waals surface area (Å²) in [4.78, 5) is 14.2. The van der Waals surface area contributed by atoms with Crippen LogP contribution in [0.1, 0.15) is 22.5 Å². The van der Waals surface area contributed by atoms with Crippen molar-refractivity contribution in [2.45, 2.75) is 18.9 Å². The van der Waals surface area contributed by atoms with E-state index in [0.717, 1.165) is 52.7 Å². The molecule has 0 unspecified atom stereocenters. The number of ether oxygens (including phenoxy) is 2. The summed E-state index contributed by atoms with van der Waals surface area (Å²) in [5, 5.41) is 6.44. The Labute approximate surface area is 145 Å². The second-order valence-electron chi connectivity index (χ2n) is 6.02. The molecule has 126 valence electrons. The lowest BCUT2D eigenvalue weighted by atomic mass is 10.1. The Kier molecular flexibility index (Phi) is 4.40. The highest BCUT2D eigenvalue weighted by molar-refractivity contribution is 7.17. The molecule has 0 aliphatic carbocycles. The quantitative estimate of drug-likeness (QED) is 0.899. The lowest BCUT2D eigenvalue weighted by Crippen LogP contribution is -2.42. The van der Waals surface area contributed by atoms with Crippen LogP contribution in [-0.4, -0.2) is 38.3 Å². The number of fused-ring (bicyclic) bond motifs is 1. The van der Waals surface area contributed by atoms with Gasteiger partial charge in [0, 0.05) is 10.9 Å². The summed E-state index contributed by atoms with van der Waals surface area (Å²) in [6, 6.07) is 10.1. The molecule has 2 aliphatic rings. The largest absolute Gasteiger partial charge is 0.486 e. The Balaban J connectivity index is 1.48. The third-order valence-corrected chi connectivity index (χ3v) is 5.46. The van der Waals surface area contributed by atoms with E-state index in [-0.39, 0.29) is 11.9 Å². The Hall–Kier alpha value is -2.05. The molecule has 1 fully saturated rings. The van der Waals surface area contributed by atoms with Gasteiger partial charge in [0.2, 0.25) is 0 Å². The van der Waals surface area contributed by atoms with Gasteiger partial charge in [-0.05, 0) is 61.8 Å². The zero-order chi connectivity index (χ0) is 16.4. The van der Waals surface area contributed by atoms with Gasteiger partial charge in [0.15, 0.2) is 11.5 Å². The molecule has 2 aromatic rings. The topological polar surface area (TPSA) is 59.6 Å². The van der Waals surface area contributed by atoms with Crippen molar-refractivity contribution in [2.75, 3.05) is 26.3 Å². The smallest absolute Gasteiger partial charge is 0.261 e. The molecule has 1 amide bonds. The number of nitrogens with one attached hydrogen (secondary N) is 2. The van der Waals surface area contributed by atoms with Crippen LogP contribution in [0.5, 0.6) is 11.5 Å². The molecule has 1 saturated heterocycles. The van der Waals surface area contributed by atoms with Crippen molar-refractivity contribution in [3.8, 4) is 21.9 Å². The molecule has 1 aromatic carbocycles. The van der Waals surface area contributed by atoms with Gasteiger partial charge in [-0.15, -0.1) is 11.3 Å². The zero-order valence-corrected chi connectivity index (χ0v) is 14.2. The van der Waals surface area contributed by atoms with E-state index in [1.807, 2.05) is 30.3 Å². The van der Waals surface area contributed by atoms with Crippen molar-refractivity contribution in [3.05, 3.63) is 35.2 Å². The molecule has 0 saturated carbocycles. The molecule has 0 spiro atoms. The van der Waals surface area contributed by atoms with Crippen LogP contribution in [0.2, 0.25) is 0 Å². The normalized spacial score (nSPS) is 17.5. The third kappa shape index (κ3) is 3.25. The van der Waals surface area contributed by atoms with Gasteiger partial charge in [-0.2, -0.15) is 0 Å². The number of thiophene rings is 1. The first-order valence-electron chi connectivity index (χ1n) is 8.31. The van der Waals surface area contributed by atoms with Crippen molar-refractivity contribution in [2.24, 2.45) is 0 Å². The van der Waals surface area contributed by atoms with E-state index in [9.17, 15) is 4.79 Å². The molecule has 6 heteroatoms. The first-order valence-corrected chi connectivity index (χ1v) is 9.13. The van der Waals surface area contributed by atoms with Crippen LogP contribution in [-0.2, 0) is 0 Å². The Morgan fingerprint density at radius 1 is 1.08 bits per heavy atom. The fourth-order valence-corrected chi connectivity index (χ4v) is 3.94. The van der Waals surface area contributed by atoms with Gasteiger partial charge in [-0.25, -0.2) is 0 Å². The zero-order valence-electron chi connectivity index (χ0n) is 13.3. The highest BCUT2D eigenvalue weighted by Crippen LogP contribution is 2.36. The fraction of sp³-hybridized carbons (Fsp3) is 0.389. The summed E-state index contributed by atoms with van der Waals surface area (Å²) in [6.07, 6.45) is 1.98. The molecule has 0 atom stereocenters. The van der Waals surface area contributed by atoms with Crippen molar-refractivity contribution in [3.63, 3.8) is 0 Å². The molecule has 4 rings (SSSR count). The summed E-state index contributed by atoms with van der Waals surface area (Å²) >= 11 is 1.51. The van der Waals surface area contributed by atoms with Gasteiger partial charge < -0.3 is 20.1 Å². The summed E-state index contributed by atoms with van der Waals surface area (Å²) in [5.41, 5.74) is 1.05. The van der Waals surface area contributed by atoms with E-state index in [2.05, 4.69) is 10.6 Å². The Morgan fingerprint density at radius 3 is 2.71 bits per heavy atom. The maximum Gasteiger partial charge on any atom is 0.261 e. The summed E-state index contributed by atoms with van der Waals surface area (Å²) in [7, 11) is 0. The number of piperidine rings is 1. The number of rotatable bonds is 3. The van der Waals surface area contributed by atoms with E-state index < -0.39 is 0 Å². The number of carbonyl (C=O) groups is 1. The fourth-order valence-electron chi connectivity index (χ4n) is 3.03. The van der Waals surface area contributed by atoms with Gasteiger partial charge in [-0.3, -0.25) is 4.79 Å². The van der Waals surface area contributed by atoms with E-state index in [4.69, 9.17) is 9.47 Å². The predicted molar refractivity (Wildman–Crippen MR) is 94.1 cm³/mol. The van der Waals surface area contributed by atoms with Crippen LogP contribution < -0.4 is 20.1 Å². The van der Waals surface area contributed by atoms with E-state index >= 15 is 0 Å². The average molecular weight is 344 g/mol. The van der Waals surface area contributed by atoms with Crippen LogP contribution >= 0.6 is 11.3 Å². The number of benzene rings is 1. The standard InChI is InChI=1S/C18H20N2O3S/c21-18(20-13-5-7-19-8-6-13)17-4-3-16(24-17)12-1-2-14-15(11-12)23-10-9-22-14/h1-4,11,13,19H,5-10H2,(H,20,21). The maximum atomic E-state index is 12.4. The van der Waals surface area contributed by atoms with Gasteiger partial charge in [0.25, 0.3) is 5.91 Å².